The summed E-state index contributed by atoms with van der Waals surface area (Å²) in [6, 6.07) is 14.2. The van der Waals surface area contributed by atoms with Gasteiger partial charge >= 0.3 is 5.97 Å². The number of Topliss-reactive ketones (excluding diaryl/α,β-unsaturated/α-hetero) is 1. The maximum Gasteiger partial charge on any atom is 0.331 e. The van der Waals surface area contributed by atoms with E-state index in [1.807, 2.05) is 31.2 Å². The molecule has 0 atom stereocenters. The van der Waals surface area contributed by atoms with E-state index in [4.69, 9.17) is 4.74 Å². The fourth-order valence-corrected chi connectivity index (χ4v) is 2.13. The zero-order valence-corrected chi connectivity index (χ0v) is 14.1. The van der Waals surface area contributed by atoms with Gasteiger partial charge in [0.25, 0.3) is 5.91 Å². The zero-order chi connectivity index (χ0) is 18.2. The number of ketones is 1. The first-order chi connectivity index (χ1) is 12.0. The van der Waals surface area contributed by atoms with E-state index in [-0.39, 0.29) is 5.78 Å². The SMILES string of the molecule is CC(=O)c1cccc(NC(=O)COC(=O)/C=C/c2ccccc2C)c1. The van der Waals surface area contributed by atoms with E-state index < -0.39 is 18.5 Å². The minimum atomic E-state index is -0.601. The zero-order valence-electron chi connectivity index (χ0n) is 14.1. The molecule has 1 amide bonds. The molecule has 2 rings (SSSR count). The van der Waals surface area contributed by atoms with Crippen molar-refractivity contribution in [3.63, 3.8) is 0 Å². The normalized spacial score (nSPS) is 10.5. The third-order valence-corrected chi connectivity index (χ3v) is 3.49. The van der Waals surface area contributed by atoms with E-state index in [9.17, 15) is 14.4 Å². The van der Waals surface area contributed by atoms with Gasteiger partial charge in [0, 0.05) is 17.3 Å². The number of anilines is 1. The molecule has 0 aliphatic carbocycles. The Hall–Kier alpha value is -3.21. The van der Waals surface area contributed by atoms with Gasteiger partial charge in [0.2, 0.25) is 0 Å². The first kappa shape index (κ1) is 18.1. The van der Waals surface area contributed by atoms with Crippen molar-refractivity contribution in [1.82, 2.24) is 0 Å². The molecule has 0 aliphatic rings. The summed E-state index contributed by atoms with van der Waals surface area (Å²) < 4.78 is 4.91. The summed E-state index contributed by atoms with van der Waals surface area (Å²) in [5.74, 6) is -1.17. The number of benzene rings is 2. The number of carbonyl (C=O) groups excluding carboxylic acids is 3. The number of nitrogens with one attached hydrogen (secondary N) is 1. The quantitative estimate of drug-likeness (QED) is 0.498. The highest BCUT2D eigenvalue weighted by atomic mass is 16.5. The Morgan fingerprint density at radius 3 is 2.56 bits per heavy atom. The van der Waals surface area contributed by atoms with Crippen molar-refractivity contribution >= 4 is 29.4 Å². The van der Waals surface area contributed by atoms with Crippen molar-refractivity contribution in [2.45, 2.75) is 13.8 Å². The molecule has 5 nitrogen and oxygen atoms in total. The van der Waals surface area contributed by atoms with E-state index >= 15 is 0 Å². The van der Waals surface area contributed by atoms with Crippen LogP contribution in [0.15, 0.2) is 54.6 Å². The third kappa shape index (κ3) is 5.73. The highest BCUT2D eigenvalue weighted by Gasteiger charge is 2.07. The molecule has 0 radical (unpaired) electrons. The largest absolute Gasteiger partial charge is 0.452 e. The second kappa shape index (κ2) is 8.59. The van der Waals surface area contributed by atoms with Crippen molar-refractivity contribution in [3.8, 4) is 0 Å². The van der Waals surface area contributed by atoms with E-state index in [1.165, 1.54) is 13.0 Å². The maximum absolute atomic E-state index is 11.8. The van der Waals surface area contributed by atoms with Gasteiger partial charge in [-0.25, -0.2) is 4.79 Å². The first-order valence-electron chi connectivity index (χ1n) is 7.77. The summed E-state index contributed by atoms with van der Waals surface area (Å²) in [4.78, 5) is 34.8. The molecule has 1 N–H and O–H groups in total. The molecular weight excluding hydrogens is 318 g/mol. The lowest BCUT2D eigenvalue weighted by Crippen LogP contribution is -2.20. The van der Waals surface area contributed by atoms with Gasteiger partial charge in [0.1, 0.15) is 0 Å². The monoisotopic (exact) mass is 337 g/mol. The number of rotatable bonds is 6. The van der Waals surface area contributed by atoms with Crippen LogP contribution in [0.25, 0.3) is 6.08 Å². The smallest absolute Gasteiger partial charge is 0.331 e. The summed E-state index contributed by atoms with van der Waals surface area (Å²) in [6.07, 6.45) is 2.93. The highest BCUT2D eigenvalue weighted by Crippen LogP contribution is 2.11. The van der Waals surface area contributed by atoms with Crippen LogP contribution < -0.4 is 5.32 Å². The Kier molecular flexibility index (Phi) is 6.23. The van der Waals surface area contributed by atoms with Crippen LogP contribution >= 0.6 is 0 Å². The van der Waals surface area contributed by atoms with Crippen LogP contribution in [0.5, 0.6) is 0 Å². The fraction of sp³-hybridized carbons (Fsp3) is 0.150. The van der Waals surface area contributed by atoms with Crippen LogP contribution in [0.2, 0.25) is 0 Å². The Balaban J connectivity index is 1.85. The summed E-state index contributed by atoms with van der Waals surface area (Å²) >= 11 is 0. The van der Waals surface area contributed by atoms with E-state index in [0.717, 1.165) is 11.1 Å². The molecule has 0 fully saturated rings. The molecule has 0 unspecified atom stereocenters. The number of hydrogen-bond donors (Lipinski definition) is 1. The molecule has 0 aromatic heterocycles. The van der Waals surface area contributed by atoms with E-state index in [0.29, 0.717) is 11.3 Å². The van der Waals surface area contributed by atoms with Crippen molar-refractivity contribution in [3.05, 3.63) is 71.3 Å². The molecule has 0 spiro atoms. The van der Waals surface area contributed by atoms with Gasteiger partial charge in [-0.2, -0.15) is 0 Å². The molecular formula is C20H19NO4. The number of esters is 1. The second-order valence-electron chi connectivity index (χ2n) is 5.48. The maximum atomic E-state index is 11.8. The molecule has 0 saturated heterocycles. The number of carbonyl (C=O) groups is 3. The fourth-order valence-electron chi connectivity index (χ4n) is 2.13. The lowest BCUT2D eigenvalue weighted by atomic mass is 10.1. The predicted molar refractivity (Wildman–Crippen MR) is 96.2 cm³/mol. The summed E-state index contributed by atoms with van der Waals surface area (Å²) in [6.45, 7) is 2.98. The van der Waals surface area contributed by atoms with Crippen molar-refractivity contribution in [1.29, 1.82) is 0 Å². The summed E-state index contributed by atoms with van der Waals surface area (Å²) in [5, 5.41) is 2.58. The van der Waals surface area contributed by atoms with Crippen LogP contribution in [0, 0.1) is 6.92 Å². The van der Waals surface area contributed by atoms with Crippen LogP contribution in [0.3, 0.4) is 0 Å². The minimum absolute atomic E-state index is 0.0936. The molecule has 5 heteroatoms. The topological polar surface area (TPSA) is 72.5 Å². The van der Waals surface area contributed by atoms with Crippen LogP contribution in [0.4, 0.5) is 5.69 Å². The number of hydrogen-bond acceptors (Lipinski definition) is 4. The van der Waals surface area contributed by atoms with Crippen LogP contribution in [-0.2, 0) is 14.3 Å². The highest BCUT2D eigenvalue weighted by molar-refractivity contribution is 5.98. The Morgan fingerprint density at radius 1 is 1.08 bits per heavy atom. The van der Waals surface area contributed by atoms with Crippen molar-refractivity contribution in [2.75, 3.05) is 11.9 Å². The lowest BCUT2D eigenvalue weighted by Gasteiger charge is -2.06. The molecule has 2 aromatic rings. The van der Waals surface area contributed by atoms with Crippen molar-refractivity contribution in [2.24, 2.45) is 0 Å². The molecule has 0 aliphatic heterocycles. The Morgan fingerprint density at radius 2 is 1.84 bits per heavy atom. The minimum Gasteiger partial charge on any atom is -0.452 e. The summed E-state index contributed by atoms with van der Waals surface area (Å²) in [5.41, 5.74) is 2.92. The van der Waals surface area contributed by atoms with Gasteiger partial charge in [-0.3, -0.25) is 9.59 Å². The van der Waals surface area contributed by atoms with Gasteiger partial charge in [-0.1, -0.05) is 36.4 Å². The average molecular weight is 337 g/mol. The standard InChI is InChI=1S/C20H19NO4/c1-14-6-3-4-7-16(14)10-11-20(24)25-13-19(23)21-18-9-5-8-17(12-18)15(2)22/h3-12H,13H2,1-2H3,(H,21,23)/b11-10+. The van der Waals surface area contributed by atoms with Gasteiger partial charge in [-0.15, -0.1) is 0 Å². The summed E-state index contributed by atoms with van der Waals surface area (Å²) in [7, 11) is 0. The molecule has 25 heavy (non-hydrogen) atoms. The molecule has 0 saturated carbocycles. The average Bonchev–Trinajstić information content (AvgIpc) is 2.59. The van der Waals surface area contributed by atoms with Crippen LogP contribution in [-0.4, -0.2) is 24.3 Å². The third-order valence-electron chi connectivity index (χ3n) is 3.49. The van der Waals surface area contributed by atoms with Gasteiger partial charge in [-0.05, 0) is 43.2 Å². The van der Waals surface area contributed by atoms with Gasteiger partial charge in [0.15, 0.2) is 12.4 Å². The van der Waals surface area contributed by atoms with E-state index in [1.54, 1.807) is 30.3 Å². The number of amides is 1. The Bertz CT molecular complexity index is 824. The molecule has 128 valence electrons. The predicted octanol–water partition coefficient (Wildman–Crippen LogP) is 3.39. The van der Waals surface area contributed by atoms with Crippen LogP contribution in [0.1, 0.15) is 28.4 Å². The molecule has 0 bridgehead atoms. The second-order valence-corrected chi connectivity index (χ2v) is 5.48. The number of ether oxygens (including phenoxy) is 1. The van der Waals surface area contributed by atoms with E-state index in [2.05, 4.69) is 5.32 Å². The first-order valence-corrected chi connectivity index (χ1v) is 7.77. The molecule has 2 aromatic carbocycles. The lowest BCUT2D eigenvalue weighted by molar-refractivity contribution is -0.142. The number of aryl methyl sites for hydroxylation is 1. The Labute approximate surface area is 146 Å². The molecule has 0 heterocycles. The van der Waals surface area contributed by atoms with Gasteiger partial charge < -0.3 is 10.1 Å². The van der Waals surface area contributed by atoms with Crippen molar-refractivity contribution < 1.29 is 19.1 Å². The van der Waals surface area contributed by atoms with Gasteiger partial charge in [0.05, 0.1) is 0 Å².